The molecule has 2 N–H and O–H groups in total. The molecule has 1 aromatic rings. The molecule has 0 aromatic heterocycles. The first kappa shape index (κ1) is 22.1. The fraction of sp³-hybridized carbons (Fsp3) is 0.611. The molecule has 0 heterocycles. The zero-order valence-corrected chi connectivity index (χ0v) is 17.1. The molecule has 1 atom stereocenters. The van der Waals surface area contributed by atoms with Gasteiger partial charge in [0.15, 0.2) is 17.5 Å². The van der Waals surface area contributed by atoms with Gasteiger partial charge < -0.3 is 20.1 Å². The number of ether oxygens (including phenoxy) is 2. The molecule has 0 amide bonds. The lowest BCUT2D eigenvalue weighted by molar-refractivity contribution is 0.310. The molecular weight excluding hydrogens is 354 g/mol. The molecular formula is C18H31N3O4S. The van der Waals surface area contributed by atoms with Gasteiger partial charge >= 0.3 is 0 Å². The van der Waals surface area contributed by atoms with Crippen molar-refractivity contribution in [1.29, 1.82) is 0 Å². The van der Waals surface area contributed by atoms with Gasteiger partial charge in [-0.25, -0.2) is 13.4 Å². The van der Waals surface area contributed by atoms with Gasteiger partial charge in [0, 0.05) is 18.8 Å². The predicted octanol–water partition coefficient (Wildman–Crippen LogP) is 1.97. The number of sulfone groups is 1. The molecule has 0 aliphatic carbocycles. The Labute approximate surface area is 157 Å². The smallest absolute Gasteiger partial charge is 0.191 e. The van der Waals surface area contributed by atoms with E-state index in [2.05, 4.69) is 15.6 Å². The van der Waals surface area contributed by atoms with Crippen LogP contribution in [0.1, 0.15) is 32.8 Å². The van der Waals surface area contributed by atoms with Gasteiger partial charge in [0.25, 0.3) is 0 Å². The van der Waals surface area contributed by atoms with Crippen LogP contribution in [-0.2, 0) is 16.4 Å². The Hall–Kier alpha value is -1.96. The van der Waals surface area contributed by atoms with E-state index in [4.69, 9.17) is 9.47 Å². The average molecular weight is 386 g/mol. The number of nitrogens with one attached hydrogen (secondary N) is 2. The summed E-state index contributed by atoms with van der Waals surface area (Å²) in [5.74, 6) is 2.19. The van der Waals surface area contributed by atoms with Crippen molar-refractivity contribution >= 4 is 15.8 Å². The quantitative estimate of drug-likeness (QED) is 0.473. The Kier molecular flexibility index (Phi) is 9.26. The number of hydrogen-bond donors (Lipinski definition) is 2. The predicted molar refractivity (Wildman–Crippen MR) is 106 cm³/mol. The van der Waals surface area contributed by atoms with Gasteiger partial charge in [-0.15, -0.1) is 0 Å². The maximum absolute atomic E-state index is 11.3. The van der Waals surface area contributed by atoms with E-state index in [0.717, 1.165) is 12.1 Å². The van der Waals surface area contributed by atoms with Crippen molar-refractivity contribution in [1.82, 2.24) is 10.6 Å². The SMILES string of the molecule is CCNC(=NCc1ccc(OCC)c(OC)c1)NC(C)CCS(C)(=O)=O. The molecule has 1 unspecified atom stereocenters. The van der Waals surface area contributed by atoms with Gasteiger partial charge in [-0.2, -0.15) is 0 Å². The third-order valence-corrected chi connectivity index (χ3v) is 4.57. The zero-order chi connectivity index (χ0) is 19.6. The van der Waals surface area contributed by atoms with Crippen LogP contribution in [0.4, 0.5) is 0 Å². The summed E-state index contributed by atoms with van der Waals surface area (Å²) in [6, 6.07) is 5.73. The molecule has 26 heavy (non-hydrogen) atoms. The van der Waals surface area contributed by atoms with Crippen LogP contribution < -0.4 is 20.1 Å². The maximum Gasteiger partial charge on any atom is 0.191 e. The van der Waals surface area contributed by atoms with E-state index in [0.29, 0.717) is 37.0 Å². The number of methoxy groups -OCH3 is 1. The highest BCUT2D eigenvalue weighted by molar-refractivity contribution is 7.90. The summed E-state index contributed by atoms with van der Waals surface area (Å²) in [5, 5.41) is 6.41. The number of rotatable bonds is 10. The summed E-state index contributed by atoms with van der Waals surface area (Å²) in [7, 11) is -1.35. The van der Waals surface area contributed by atoms with Crippen molar-refractivity contribution < 1.29 is 17.9 Å². The van der Waals surface area contributed by atoms with E-state index in [1.165, 1.54) is 6.26 Å². The molecule has 0 spiro atoms. The van der Waals surface area contributed by atoms with Gasteiger partial charge in [-0.3, -0.25) is 0 Å². The number of aliphatic imine (C=N–C) groups is 1. The van der Waals surface area contributed by atoms with Gasteiger partial charge in [-0.1, -0.05) is 6.07 Å². The molecule has 7 nitrogen and oxygen atoms in total. The largest absolute Gasteiger partial charge is 0.493 e. The van der Waals surface area contributed by atoms with E-state index in [9.17, 15) is 8.42 Å². The van der Waals surface area contributed by atoms with Crippen LogP contribution in [0.25, 0.3) is 0 Å². The number of guanidine groups is 1. The van der Waals surface area contributed by atoms with Crippen molar-refractivity contribution in [3.05, 3.63) is 23.8 Å². The van der Waals surface area contributed by atoms with Crippen LogP contribution >= 0.6 is 0 Å². The standard InChI is InChI=1S/C18H31N3O4S/c1-6-19-18(21-14(3)10-11-26(5,22)23)20-13-15-8-9-16(25-7-2)17(12-15)24-4/h8-9,12,14H,6-7,10-11,13H2,1-5H3,(H2,19,20,21). The summed E-state index contributed by atoms with van der Waals surface area (Å²) in [4.78, 5) is 4.57. The number of benzene rings is 1. The van der Waals surface area contributed by atoms with Crippen LogP contribution in [0, 0.1) is 0 Å². The third-order valence-electron chi connectivity index (χ3n) is 3.60. The Balaban J connectivity index is 2.76. The lowest BCUT2D eigenvalue weighted by atomic mass is 10.2. The Morgan fingerprint density at radius 3 is 2.58 bits per heavy atom. The number of nitrogens with zero attached hydrogens (tertiary/aromatic N) is 1. The molecule has 8 heteroatoms. The van der Waals surface area contributed by atoms with Crippen LogP contribution in [0.5, 0.6) is 11.5 Å². The maximum atomic E-state index is 11.3. The molecule has 0 aliphatic rings. The first-order valence-corrected chi connectivity index (χ1v) is 10.9. The van der Waals surface area contributed by atoms with Gasteiger partial charge in [-0.05, 0) is 44.9 Å². The second-order valence-corrected chi connectivity index (χ2v) is 8.34. The highest BCUT2D eigenvalue weighted by atomic mass is 32.2. The molecule has 1 rings (SSSR count). The minimum absolute atomic E-state index is 0.00242. The third kappa shape index (κ3) is 8.42. The fourth-order valence-corrected chi connectivity index (χ4v) is 3.05. The Morgan fingerprint density at radius 2 is 2.00 bits per heavy atom. The minimum atomic E-state index is -2.97. The monoisotopic (exact) mass is 385 g/mol. The van der Waals surface area contributed by atoms with E-state index in [1.54, 1.807) is 7.11 Å². The molecule has 0 radical (unpaired) electrons. The molecule has 0 saturated carbocycles. The molecule has 1 aromatic carbocycles. The first-order valence-electron chi connectivity index (χ1n) is 8.81. The second kappa shape index (κ2) is 10.9. The average Bonchev–Trinajstić information content (AvgIpc) is 2.58. The van der Waals surface area contributed by atoms with Gasteiger partial charge in [0.1, 0.15) is 9.84 Å². The van der Waals surface area contributed by atoms with Gasteiger partial charge in [0.2, 0.25) is 0 Å². The van der Waals surface area contributed by atoms with Crippen molar-refractivity contribution in [2.45, 2.75) is 39.8 Å². The van der Waals surface area contributed by atoms with Crippen molar-refractivity contribution in [2.75, 3.05) is 32.3 Å². The Bertz CT molecular complexity index is 690. The minimum Gasteiger partial charge on any atom is -0.493 e. The molecule has 0 saturated heterocycles. The molecule has 0 bridgehead atoms. The number of hydrogen-bond acceptors (Lipinski definition) is 5. The van der Waals surface area contributed by atoms with Crippen molar-refractivity contribution in [3.8, 4) is 11.5 Å². The summed E-state index contributed by atoms with van der Waals surface area (Å²) in [5.41, 5.74) is 0.992. The topological polar surface area (TPSA) is 89.0 Å². The van der Waals surface area contributed by atoms with Crippen LogP contribution in [0.3, 0.4) is 0 Å². The lowest BCUT2D eigenvalue weighted by Gasteiger charge is -2.17. The van der Waals surface area contributed by atoms with E-state index < -0.39 is 9.84 Å². The molecule has 148 valence electrons. The summed E-state index contributed by atoms with van der Waals surface area (Å²) >= 11 is 0. The van der Waals surface area contributed by atoms with Crippen LogP contribution in [0.2, 0.25) is 0 Å². The summed E-state index contributed by atoms with van der Waals surface area (Å²) < 4.78 is 33.5. The first-order chi connectivity index (χ1) is 12.3. The van der Waals surface area contributed by atoms with Crippen molar-refractivity contribution in [2.24, 2.45) is 4.99 Å². The van der Waals surface area contributed by atoms with Gasteiger partial charge in [0.05, 0.1) is 26.0 Å². The molecule has 0 aliphatic heterocycles. The van der Waals surface area contributed by atoms with Crippen molar-refractivity contribution in [3.63, 3.8) is 0 Å². The summed E-state index contributed by atoms with van der Waals surface area (Å²) in [6.45, 7) is 7.62. The van der Waals surface area contributed by atoms with Crippen LogP contribution in [-0.4, -0.2) is 52.7 Å². The van der Waals surface area contributed by atoms with E-state index in [1.807, 2.05) is 39.0 Å². The Morgan fingerprint density at radius 1 is 1.27 bits per heavy atom. The summed E-state index contributed by atoms with van der Waals surface area (Å²) in [6.07, 6.45) is 1.78. The fourth-order valence-electron chi connectivity index (χ4n) is 2.27. The highest BCUT2D eigenvalue weighted by Gasteiger charge is 2.10. The lowest BCUT2D eigenvalue weighted by Crippen LogP contribution is -2.42. The van der Waals surface area contributed by atoms with Crippen LogP contribution in [0.15, 0.2) is 23.2 Å². The van der Waals surface area contributed by atoms with E-state index in [-0.39, 0.29) is 11.8 Å². The highest BCUT2D eigenvalue weighted by Crippen LogP contribution is 2.28. The molecule has 0 fully saturated rings. The second-order valence-electron chi connectivity index (χ2n) is 6.08. The van der Waals surface area contributed by atoms with E-state index >= 15 is 0 Å². The normalized spacial score (nSPS) is 13.2. The zero-order valence-electron chi connectivity index (χ0n) is 16.3.